The SMILES string of the molecule is COC1=NN(NC(=O)NS(=O)(=O)c2ccsc2C2CCOC2=O)NC(C)=C1. The second-order valence-corrected chi connectivity index (χ2v) is 8.20. The van der Waals surface area contributed by atoms with Gasteiger partial charge in [-0.25, -0.2) is 23.4 Å². The van der Waals surface area contributed by atoms with Crippen LogP contribution < -0.4 is 15.6 Å². The van der Waals surface area contributed by atoms with Gasteiger partial charge in [0.15, 0.2) is 0 Å². The lowest BCUT2D eigenvalue weighted by molar-refractivity contribution is -0.139. The standard InChI is InChI=1S/C14H17N5O6S2/c1-8-7-11(24-2)16-19(15-8)17-14(21)18-27(22,23)10-4-6-26-12(10)9-3-5-25-13(9)20/h4,6-7,9,15H,3,5H2,1-2H3,(H2,17,18,21). The molecule has 3 rings (SSSR count). The molecule has 27 heavy (non-hydrogen) atoms. The van der Waals surface area contributed by atoms with Gasteiger partial charge in [-0.05, 0) is 24.8 Å². The number of nitrogens with zero attached hydrogens (tertiary/aromatic N) is 2. The summed E-state index contributed by atoms with van der Waals surface area (Å²) >= 11 is 1.12. The maximum atomic E-state index is 12.6. The molecule has 0 aliphatic carbocycles. The van der Waals surface area contributed by atoms with Crippen LogP contribution >= 0.6 is 11.3 Å². The number of urea groups is 1. The molecule has 0 spiro atoms. The number of ether oxygens (including phenoxy) is 2. The van der Waals surface area contributed by atoms with Crippen molar-refractivity contribution >= 4 is 39.3 Å². The second-order valence-electron chi connectivity index (χ2n) is 5.60. The summed E-state index contributed by atoms with van der Waals surface area (Å²) in [6.45, 7) is 1.94. The number of carbonyl (C=O) groups excluding carboxylic acids is 2. The summed E-state index contributed by atoms with van der Waals surface area (Å²) in [5, 5.41) is 6.35. The Hall–Kier alpha value is -2.80. The molecule has 11 nitrogen and oxygen atoms in total. The lowest BCUT2D eigenvalue weighted by atomic mass is 10.1. The van der Waals surface area contributed by atoms with Crippen molar-refractivity contribution in [1.82, 2.24) is 20.8 Å². The van der Waals surface area contributed by atoms with Gasteiger partial charge in [-0.15, -0.1) is 16.6 Å². The van der Waals surface area contributed by atoms with Gasteiger partial charge in [-0.2, -0.15) is 0 Å². The predicted octanol–water partition coefficient (Wildman–Crippen LogP) is 0.365. The molecule has 1 aromatic rings. The number of thiophene rings is 1. The molecule has 146 valence electrons. The van der Waals surface area contributed by atoms with Crippen LogP contribution in [0.5, 0.6) is 0 Å². The van der Waals surface area contributed by atoms with Crippen LogP contribution in [-0.2, 0) is 24.3 Å². The van der Waals surface area contributed by atoms with Crippen LogP contribution in [0.15, 0.2) is 33.2 Å². The molecule has 1 saturated heterocycles. The predicted molar refractivity (Wildman–Crippen MR) is 94.7 cm³/mol. The molecule has 2 aliphatic heterocycles. The third-order valence-electron chi connectivity index (χ3n) is 3.66. The van der Waals surface area contributed by atoms with E-state index in [9.17, 15) is 18.0 Å². The molecular formula is C14H17N5O6S2. The van der Waals surface area contributed by atoms with Gasteiger partial charge in [0, 0.05) is 16.7 Å². The Morgan fingerprint density at radius 3 is 2.96 bits per heavy atom. The van der Waals surface area contributed by atoms with E-state index in [1.54, 1.807) is 18.4 Å². The van der Waals surface area contributed by atoms with Crippen LogP contribution in [-0.4, -0.2) is 45.3 Å². The molecular weight excluding hydrogens is 398 g/mol. The zero-order valence-corrected chi connectivity index (χ0v) is 16.0. The lowest BCUT2D eigenvalue weighted by Crippen LogP contribution is -2.53. The molecule has 2 aliphatic rings. The van der Waals surface area contributed by atoms with Crippen LogP contribution in [0.2, 0.25) is 0 Å². The summed E-state index contributed by atoms with van der Waals surface area (Å²) in [6.07, 6.45) is 1.98. The van der Waals surface area contributed by atoms with Crippen LogP contribution in [0.3, 0.4) is 0 Å². The van der Waals surface area contributed by atoms with Gasteiger partial charge < -0.3 is 9.47 Å². The summed E-state index contributed by atoms with van der Waals surface area (Å²) in [7, 11) is -2.79. The third-order valence-corrected chi connectivity index (χ3v) is 6.21. The summed E-state index contributed by atoms with van der Waals surface area (Å²) in [4.78, 5) is 24.1. The minimum Gasteiger partial charge on any atom is -0.480 e. The Labute approximate surface area is 159 Å². The smallest absolute Gasteiger partial charge is 0.350 e. The zero-order valence-electron chi connectivity index (χ0n) is 14.4. The number of amides is 2. The molecule has 1 atom stereocenters. The van der Waals surface area contributed by atoms with E-state index in [-0.39, 0.29) is 17.4 Å². The number of nitrogens with one attached hydrogen (secondary N) is 3. The lowest BCUT2D eigenvalue weighted by Gasteiger charge is -2.25. The molecule has 2 amide bonds. The molecule has 1 unspecified atom stereocenters. The minimum atomic E-state index is -4.20. The Bertz CT molecular complexity index is 922. The van der Waals surface area contributed by atoms with Crippen LogP contribution in [0.25, 0.3) is 0 Å². The van der Waals surface area contributed by atoms with E-state index in [1.807, 2.05) is 4.72 Å². The van der Waals surface area contributed by atoms with Gasteiger partial charge in [-0.3, -0.25) is 10.2 Å². The number of hydrogen-bond acceptors (Lipinski definition) is 10. The van der Waals surface area contributed by atoms with E-state index < -0.39 is 27.9 Å². The van der Waals surface area contributed by atoms with E-state index in [2.05, 4.69) is 16.0 Å². The highest BCUT2D eigenvalue weighted by atomic mass is 32.2. The van der Waals surface area contributed by atoms with Gasteiger partial charge >= 0.3 is 12.0 Å². The first-order valence-corrected chi connectivity index (χ1v) is 10.1. The fourth-order valence-corrected chi connectivity index (χ4v) is 5.03. The third kappa shape index (κ3) is 4.14. The van der Waals surface area contributed by atoms with E-state index in [1.165, 1.54) is 13.2 Å². The van der Waals surface area contributed by atoms with Crippen molar-refractivity contribution in [1.29, 1.82) is 0 Å². The molecule has 3 N–H and O–H groups in total. The first-order chi connectivity index (χ1) is 12.8. The van der Waals surface area contributed by atoms with Crippen molar-refractivity contribution in [3.8, 4) is 0 Å². The van der Waals surface area contributed by atoms with E-state index in [0.29, 0.717) is 17.0 Å². The molecule has 0 aromatic carbocycles. The molecule has 3 heterocycles. The number of rotatable bonds is 4. The summed E-state index contributed by atoms with van der Waals surface area (Å²) < 4.78 is 36.9. The summed E-state index contributed by atoms with van der Waals surface area (Å²) in [5.41, 5.74) is 5.54. The number of sulfonamides is 1. The Morgan fingerprint density at radius 1 is 1.52 bits per heavy atom. The van der Waals surface area contributed by atoms with Crippen LogP contribution in [0.1, 0.15) is 24.1 Å². The highest BCUT2D eigenvalue weighted by Crippen LogP contribution is 2.35. The minimum absolute atomic E-state index is 0.129. The highest BCUT2D eigenvalue weighted by molar-refractivity contribution is 7.90. The maximum absolute atomic E-state index is 12.6. The molecule has 1 fully saturated rings. The number of hydrazine groups is 2. The zero-order chi connectivity index (χ0) is 19.6. The quantitative estimate of drug-likeness (QED) is 0.600. The first kappa shape index (κ1) is 19.0. The monoisotopic (exact) mass is 415 g/mol. The molecule has 0 radical (unpaired) electrons. The average Bonchev–Trinajstić information content (AvgIpc) is 3.22. The Morgan fingerprint density at radius 2 is 2.30 bits per heavy atom. The topological polar surface area (TPSA) is 138 Å². The Kier molecular flexibility index (Phi) is 5.23. The number of hydrogen-bond donors (Lipinski definition) is 3. The van der Waals surface area contributed by atoms with Crippen molar-refractivity contribution in [2.75, 3.05) is 13.7 Å². The van der Waals surface area contributed by atoms with Crippen molar-refractivity contribution in [3.05, 3.63) is 28.1 Å². The van der Waals surface area contributed by atoms with E-state index in [0.717, 1.165) is 16.6 Å². The van der Waals surface area contributed by atoms with Gasteiger partial charge in [-0.1, -0.05) is 5.10 Å². The number of methoxy groups -OCH3 is 1. The van der Waals surface area contributed by atoms with E-state index in [4.69, 9.17) is 9.47 Å². The number of allylic oxidation sites excluding steroid dienone is 1. The van der Waals surface area contributed by atoms with Gasteiger partial charge in [0.25, 0.3) is 10.0 Å². The summed E-state index contributed by atoms with van der Waals surface area (Å²) in [5.74, 6) is -0.904. The van der Waals surface area contributed by atoms with Crippen molar-refractivity contribution < 1.29 is 27.5 Å². The van der Waals surface area contributed by atoms with Gasteiger partial charge in [0.2, 0.25) is 5.90 Å². The number of cyclic esters (lactones) is 1. The van der Waals surface area contributed by atoms with E-state index >= 15 is 0 Å². The van der Waals surface area contributed by atoms with Gasteiger partial charge in [0.1, 0.15) is 4.90 Å². The fourth-order valence-electron chi connectivity index (χ4n) is 2.50. The molecule has 0 bridgehead atoms. The maximum Gasteiger partial charge on any atom is 0.350 e. The molecule has 0 saturated carbocycles. The van der Waals surface area contributed by atoms with Crippen molar-refractivity contribution in [3.63, 3.8) is 0 Å². The fraction of sp³-hybridized carbons (Fsp3) is 0.357. The largest absolute Gasteiger partial charge is 0.480 e. The van der Waals surface area contributed by atoms with Crippen LogP contribution in [0, 0.1) is 0 Å². The highest BCUT2D eigenvalue weighted by Gasteiger charge is 2.35. The Balaban J connectivity index is 1.71. The molecule has 1 aromatic heterocycles. The van der Waals surface area contributed by atoms with Crippen molar-refractivity contribution in [2.45, 2.75) is 24.2 Å². The average molecular weight is 415 g/mol. The number of carbonyl (C=O) groups is 2. The number of esters is 1. The number of hydrazone groups is 1. The van der Waals surface area contributed by atoms with Crippen molar-refractivity contribution in [2.24, 2.45) is 5.10 Å². The second kappa shape index (κ2) is 7.44. The van der Waals surface area contributed by atoms with Crippen LogP contribution in [0.4, 0.5) is 4.79 Å². The first-order valence-electron chi connectivity index (χ1n) is 7.75. The van der Waals surface area contributed by atoms with Gasteiger partial charge in [0.05, 0.1) is 19.6 Å². The molecule has 13 heteroatoms. The summed E-state index contributed by atoms with van der Waals surface area (Å²) in [6, 6.07) is 0.302. The normalized spacial score (nSPS) is 19.6.